The smallest absolute Gasteiger partial charge is 0.206 e. The highest BCUT2D eigenvalue weighted by atomic mass is 32.1. The van der Waals surface area contributed by atoms with Crippen LogP contribution in [0.5, 0.6) is 0 Å². The largest absolute Gasteiger partial charge is 0.370 e. The van der Waals surface area contributed by atoms with E-state index >= 15 is 0 Å². The summed E-state index contributed by atoms with van der Waals surface area (Å²) < 4.78 is 7.84. The average molecular weight is 360 g/mol. The molecule has 0 aromatic carbocycles. The van der Waals surface area contributed by atoms with Gasteiger partial charge in [-0.15, -0.1) is 16.4 Å². The van der Waals surface area contributed by atoms with E-state index in [9.17, 15) is 0 Å². The summed E-state index contributed by atoms with van der Waals surface area (Å²) in [5, 5.41) is 8.27. The summed E-state index contributed by atoms with van der Waals surface area (Å²) in [4.78, 5) is 13.5. The van der Waals surface area contributed by atoms with E-state index in [1.165, 1.54) is 42.0 Å². The molecule has 1 fully saturated rings. The van der Waals surface area contributed by atoms with Gasteiger partial charge >= 0.3 is 0 Å². The molecule has 0 bridgehead atoms. The second-order valence-corrected chi connectivity index (χ2v) is 8.83. The molecule has 0 radical (unpaired) electrons. The van der Waals surface area contributed by atoms with Crippen molar-refractivity contribution in [1.29, 1.82) is 0 Å². The minimum Gasteiger partial charge on any atom is -0.370 e. The van der Waals surface area contributed by atoms with Crippen LogP contribution in [0.3, 0.4) is 0 Å². The van der Waals surface area contributed by atoms with Gasteiger partial charge in [-0.1, -0.05) is 0 Å². The Bertz CT molecular complexity index is 940. The Balaban J connectivity index is 1.58. The highest BCUT2D eigenvalue weighted by Gasteiger charge is 2.31. The number of hydrogen-bond acceptors (Lipinski definition) is 5. The summed E-state index contributed by atoms with van der Waals surface area (Å²) in [6.07, 6.45) is 2.71. The molecule has 0 saturated carbocycles. The van der Waals surface area contributed by atoms with Crippen LogP contribution in [0.2, 0.25) is 0 Å². The van der Waals surface area contributed by atoms with Gasteiger partial charge in [-0.25, -0.2) is 14.5 Å². The number of thiophene rings is 1. The van der Waals surface area contributed by atoms with Gasteiger partial charge < -0.3 is 15.0 Å². The normalized spacial score (nSPS) is 21.0. The maximum absolute atomic E-state index is 5.97. The Morgan fingerprint density at radius 2 is 2.20 bits per heavy atom. The van der Waals surface area contributed by atoms with Crippen LogP contribution in [0.15, 0.2) is 6.33 Å². The number of ether oxygens (including phenoxy) is 1. The summed E-state index contributed by atoms with van der Waals surface area (Å²) in [5.74, 6) is 0.928. The fraction of sp³-hybridized carbons (Fsp3) is 0.588. The predicted octanol–water partition coefficient (Wildman–Crippen LogP) is -0.848. The van der Waals surface area contributed by atoms with Crippen LogP contribution in [0.1, 0.15) is 30.1 Å². The molecular weight excluding hydrogens is 336 g/mol. The van der Waals surface area contributed by atoms with Crippen LogP contribution in [0.4, 0.5) is 0 Å². The summed E-state index contributed by atoms with van der Waals surface area (Å²) >= 11 is 1.73. The van der Waals surface area contributed by atoms with Gasteiger partial charge in [0.1, 0.15) is 43.9 Å². The predicted molar refractivity (Wildman–Crippen MR) is 94.8 cm³/mol. The molecule has 132 valence electrons. The van der Waals surface area contributed by atoms with E-state index in [2.05, 4.69) is 24.1 Å². The molecule has 3 N–H and O–H groups in total. The van der Waals surface area contributed by atoms with Gasteiger partial charge in [0, 0.05) is 11.3 Å². The van der Waals surface area contributed by atoms with Crippen molar-refractivity contribution in [2.24, 2.45) is 0 Å². The van der Waals surface area contributed by atoms with Crippen molar-refractivity contribution in [3.05, 3.63) is 22.6 Å². The van der Waals surface area contributed by atoms with E-state index in [4.69, 9.17) is 14.8 Å². The highest BCUT2D eigenvalue weighted by molar-refractivity contribution is 7.19. The Labute approximate surface area is 150 Å². The van der Waals surface area contributed by atoms with Crippen LogP contribution in [0.25, 0.3) is 15.9 Å². The number of nitrogens with two attached hydrogens (primary N) is 1. The summed E-state index contributed by atoms with van der Waals surface area (Å²) in [6, 6.07) is 0. The molecule has 5 heterocycles. The van der Waals surface area contributed by atoms with Gasteiger partial charge in [-0.2, -0.15) is 0 Å². The van der Waals surface area contributed by atoms with Gasteiger partial charge in [0.15, 0.2) is 5.65 Å². The molecule has 0 spiro atoms. The van der Waals surface area contributed by atoms with Gasteiger partial charge in [0.25, 0.3) is 0 Å². The van der Waals surface area contributed by atoms with E-state index in [1.807, 2.05) is 4.52 Å². The molecule has 0 aliphatic carbocycles. The Morgan fingerprint density at radius 1 is 1.36 bits per heavy atom. The van der Waals surface area contributed by atoms with Gasteiger partial charge in [0.05, 0.1) is 17.6 Å². The maximum Gasteiger partial charge on any atom is 0.206 e. The summed E-state index contributed by atoms with van der Waals surface area (Å²) in [5.41, 5.74) is 2.18. The molecule has 8 heteroatoms. The lowest BCUT2D eigenvalue weighted by molar-refractivity contribution is -0.958. The van der Waals surface area contributed by atoms with Crippen LogP contribution in [-0.4, -0.2) is 51.4 Å². The van der Waals surface area contributed by atoms with Gasteiger partial charge in [0.2, 0.25) is 5.82 Å². The highest BCUT2D eigenvalue weighted by Crippen LogP contribution is 2.39. The Morgan fingerprint density at radius 3 is 3.04 bits per heavy atom. The van der Waals surface area contributed by atoms with Crippen molar-refractivity contribution in [3.8, 4) is 0 Å². The number of aromatic nitrogens is 4. The molecule has 2 aliphatic heterocycles. The van der Waals surface area contributed by atoms with E-state index in [0.717, 1.165) is 29.3 Å². The van der Waals surface area contributed by atoms with Gasteiger partial charge in [-0.3, -0.25) is 0 Å². The van der Waals surface area contributed by atoms with E-state index in [-0.39, 0.29) is 5.60 Å². The summed E-state index contributed by atoms with van der Waals surface area (Å²) in [6.45, 7) is 10.6. The van der Waals surface area contributed by atoms with Crippen molar-refractivity contribution in [3.63, 3.8) is 0 Å². The topological polar surface area (TPSA) is 73.4 Å². The first kappa shape index (κ1) is 15.6. The first-order chi connectivity index (χ1) is 12.1. The first-order valence-electron chi connectivity index (χ1n) is 9.03. The molecule has 7 nitrogen and oxygen atoms in total. The third-order valence-electron chi connectivity index (χ3n) is 5.26. The third kappa shape index (κ3) is 2.73. The van der Waals surface area contributed by atoms with Crippen molar-refractivity contribution in [2.75, 3.05) is 26.2 Å². The number of hydrogen-bond donors (Lipinski definition) is 2. The number of piperazine rings is 1. The molecule has 0 atom stereocenters. The van der Waals surface area contributed by atoms with Gasteiger partial charge in [-0.05, 0) is 19.4 Å². The monoisotopic (exact) mass is 360 g/mol. The number of nitrogens with zero attached hydrogens (tertiary/aromatic N) is 4. The molecule has 0 amide bonds. The molecule has 2 aliphatic rings. The minimum absolute atomic E-state index is 0.134. The fourth-order valence-corrected chi connectivity index (χ4v) is 5.01. The van der Waals surface area contributed by atoms with Crippen LogP contribution < -0.4 is 10.2 Å². The van der Waals surface area contributed by atoms with Crippen molar-refractivity contribution in [1.82, 2.24) is 19.6 Å². The van der Waals surface area contributed by atoms with Crippen LogP contribution in [-0.2, 0) is 24.3 Å². The maximum atomic E-state index is 5.97. The average Bonchev–Trinajstić information content (AvgIpc) is 3.14. The standard InChI is InChI=1S/C17H22N6OS/c1-17(2)7-11-12(9-24-17)25-16-14(11)15-20-13(21-23(15)10-19-16)8-22-5-3-18-4-6-22/h10,18H,3-9H2,1-2H3/p+2. The van der Waals surface area contributed by atoms with E-state index < -0.39 is 0 Å². The lowest BCUT2D eigenvalue weighted by Crippen LogP contribution is -3.19. The fourth-order valence-electron chi connectivity index (χ4n) is 3.94. The molecule has 1 saturated heterocycles. The molecule has 5 rings (SSSR count). The van der Waals surface area contributed by atoms with Crippen molar-refractivity contribution in [2.45, 2.75) is 39.0 Å². The second-order valence-electron chi connectivity index (χ2n) is 7.74. The zero-order chi connectivity index (χ0) is 17.0. The lowest BCUT2D eigenvalue weighted by Gasteiger charge is -2.30. The minimum atomic E-state index is -0.134. The molecule has 3 aromatic rings. The molecular formula is C17H24N6OS+2. The zero-order valence-corrected chi connectivity index (χ0v) is 15.5. The third-order valence-corrected chi connectivity index (χ3v) is 6.38. The van der Waals surface area contributed by atoms with Crippen molar-refractivity contribution >= 4 is 27.2 Å². The number of nitrogens with one attached hydrogen (secondary N) is 1. The Kier molecular flexibility index (Phi) is 3.56. The van der Waals surface area contributed by atoms with Crippen LogP contribution >= 0.6 is 11.3 Å². The van der Waals surface area contributed by atoms with Crippen molar-refractivity contribution < 1.29 is 15.0 Å². The number of quaternary nitrogens is 2. The van der Waals surface area contributed by atoms with Crippen LogP contribution in [0, 0.1) is 0 Å². The molecule has 3 aromatic heterocycles. The lowest BCUT2D eigenvalue weighted by atomic mass is 9.94. The first-order valence-corrected chi connectivity index (χ1v) is 9.84. The quantitative estimate of drug-likeness (QED) is 0.625. The van der Waals surface area contributed by atoms with E-state index in [1.54, 1.807) is 22.6 Å². The number of fused-ring (bicyclic) bond motifs is 5. The zero-order valence-electron chi connectivity index (χ0n) is 14.7. The molecule has 0 unspecified atom stereocenters. The summed E-state index contributed by atoms with van der Waals surface area (Å²) in [7, 11) is 0. The molecule has 25 heavy (non-hydrogen) atoms. The Hall–Kier alpha value is -1.61. The SMILES string of the molecule is CC1(C)Cc2c(sc3ncn4nc(C[NH+]5CC[NH2+]CC5)nc4c23)CO1. The second kappa shape index (κ2) is 5.70. The number of rotatable bonds is 2. The van der Waals surface area contributed by atoms with E-state index in [0.29, 0.717) is 6.61 Å².